The summed E-state index contributed by atoms with van der Waals surface area (Å²) in [6, 6.07) is 16.2. The van der Waals surface area contributed by atoms with E-state index in [1.807, 2.05) is 24.3 Å². The fraction of sp³-hybridized carbons (Fsp3) is 0. The van der Waals surface area contributed by atoms with Gasteiger partial charge in [0.25, 0.3) is 0 Å². The number of hydrogen-bond donors (Lipinski definition) is 0. The van der Waals surface area contributed by atoms with Gasteiger partial charge in [0.05, 0.1) is 21.3 Å². The summed E-state index contributed by atoms with van der Waals surface area (Å²) in [6.45, 7) is 0. The molecule has 0 saturated carbocycles. The standard InChI is InChI=1S/C19H10Cl2FN3/c20-13-9-8-12(17(21)18(13)22)15-6-3-7-16(24-15)19-23-10-11-4-1-2-5-14(11)25-19/h1-10H. The Morgan fingerprint density at radius 3 is 2.48 bits per heavy atom. The van der Waals surface area contributed by atoms with Gasteiger partial charge in [0.2, 0.25) is 0 Å². The lowest BCUT2D eigenvalue weighted by atomic mass is 10.1. The third kappa shape index (κ3) is 2.95. The van der Waals surface area contributed by atoms with Gasteiger partial charge in [0.15, 0.2) is 11.6 Å². The quantitative estimate of drug-likeness (QED) is 0.418. The Morgan fingerprint density at radius 1 is 0.800 bits per heavy atom. The molecule has 0 fully saturated rings. The summed E-state index contributed by atoms with van der Waals surface area (Å²) in [6.07, 6.45) is 1.75. The van der Waals surface area contributed by atoms with E-state index in [4.69, 9.17) is 23.2 Å². The Hall–Kier alpha value is -2.56. The fourth-order valence-electron chi connectivity index (χ4n) is 2.53. The highest BCUT2D eigenvalue weighted by atomic mass is 35.5. The summed E-state index contributed by atoms with van der Waals surface area (Å²) >= 11 is 11.8. The van der Waals surface area contributed by atoms with Gasteiger partial charge in [-0.05, 0) is 30.3 Å². The molecule has 2 aromatic heterocycles. The third-order valence-corrected chi connectivity index (χ3v) is 4.44. The van der Waals surface area contributed by atoms with Crippen LogP contribution in [0.25, 0.3) is 33.7 Å². The molecule has 4 rings (SSSR count). The number of benzene rings is 2. The molecular weight excluding hydrogens is 360 g/mol. The molecule has 0 unspecified atom stereocenters. The highest BCUT2D eigenvalue weighted by Crippen LogP contribution is 2.33. The largest absolute Gasteiger partial charge is 0.244 e. The molecule has 2 aromatic carbocycles. The Morgan fingerprint density at radius 2 is 1.60 bits per heavy atom. The molecule has 0 radical (unpaired) electrons. The van der Waals surface area contributed by atoms with Gasteiger partial charge in [-0.3, -0.25) is 0 Å². The van der Waals surface area contributed by atoms with Crippen LogP contribution >= 0.6 is 23.2 Å². The van der Waals surface area contributed by atoms with Gasteiger partial charge in [-0.1, -0.05) is 47.5 Å². The number of pyridine rings is 1. The minimum atomic E-state index is -0.657. The van der Waals surface area contributed by atoms with Gasteiger partial charge in [-0.2, -0.15) is 0 Å². The molecule has 6 heteroatoms. The van der Waals surface area contributed by atoms with E-state index in [0.717, 1.165) is 10.9 Å². The van der Waals surface area contributed by atoms with Crippen LogP contribution < -0.4 is 0 Å². The molecule has 0 N–H and O–H groups in total. The summed E-state index contributed by atoms with van der Waals surface area (Å²) in [5.74, 6) is -0.166. The van der Waals surface area contributed by atoms with Crippen LogP contribution in [0.5, 0.6) is 0 Å². The van der Waals surface area contributed by atoms with Crippen LogP contribution in [0.15, 0.2) is 60.8 Å². The molecule has 0 spiro atoms. The molecule has 0 aliphatic carbocycles. The SMILES string of the molecule is Fc1c(Cl)ccc(-c2cccc(-c3ncc4ccccc4n3)n2)c1Cl. The van der Waals surface area contributed by atoms with E-state index in [0.29, 0.717) is 22.8 Å². The van der Waals surface area contributed by atoms with Gasteiger partial charge in [-0.25, -0.2) is 19.3 Å². The second kappa shape index (κ2) is 6.39. The number of aromatic nitrogens is 3. The number of fused-ring (bicyclic) bond motifs is 1. The maximum absolute atomic E-state index is 14.0. The third-order valence-electron chi connectivity index (χ3n) is 3.78. The van der Waals surface area contributed by atoms with Crippen LogP contribution in [-0.2, 0) is 0 Å². The minimum absolute atomic E-state index is 0.0252. The Kier molecular flexibility index (Phi) is 4.07. The van der Waals surface area contributed by atoms with Gasteiger partial charge in [0.1, 0.15) is 5.69 Å². The van der Waals surface area contributed by atoms with E-state index >= 15 is 0 Å². The summed E-state index contributed by atoms with van der Waals surface area (Å²) in [5.41, 5.74) is 2.39. The van der Waals surface area contributed by atoms with Crippen molar-refractivity contribution in [2.24, 2.45) is 0 Å². The van der Waals surface area contributed by atoms with Gasteiger partial charge in [-0.15, -0.1) is 0 Å². The Balaban J connectivity index is 1.82. The van der Waals surface area contributed by atoms with Crippen molar-refractivity contribution < 1.29 is 4.39 Å². The van der Waals surface area contributed by atoms with Crippen LogP contribution in [0.1, 0.15) is 0 Å². The molecule has 4 aromatic rings. The van der Waals surface area contributed by atoms with Crippen LogP contribution in [-0.4, -0.2) is 15.0 Å². The van der Waals surface area contributed by atoms with Crippen molar-refractivity contribution in [3.05, 3.63) is 76.7 Å². The zero-order valence-corrected chi connectivity index (χ0v) is 14.3. The zero-order chi connectivity index (χ0) is 17.4. The van der Waals surface area contributed by atoms with Crippen LogP contribution in [0.3, 0.4) is 0 Å². The van der Waals surface area contributed by atoms with Crippen molar-refractivity contribution in [3.63, 3.8) is 0 Å². The average Bonchev–Trinajstić information content (AvgIpc) is 2.66. The molecule has 0 saturated heterocycles. The van der Waals surface area contributed by atoms with E-state index in [-0.39, 0.29) is 10.0 Å². The van der Waals surface area contributed by atoms with Gasteiger partial charge >= 0.3 is 0 Å². The summed E-state index contributed by atoms with van der Waals surface area (Å²) in [4.78, 5) is 13.4. The lowest BCUT2D eigenvalue weighted by Crippen LogP contribution is -1.95. The monoisotopic (exact) mass is 369 g/mol. The van der Waals surface area contributed by atoms with Crippen molar-refractivity contribution in [1.29, 1.82) is 0 Å². The topological polar surface area (TPSA) is 38.7 Å². The summed E-state index contributed by atoms with van der Waals surface area (Å²) in [5, 5.41) is 0.865. The van der Waals surface area contributed by atoms with E-state index in [2.05, 4.69) is 15.0 Å². The van der Waals surface area contributed by atoms with Crippen molar-refractivity contribution in [1.82, 2.24) is 15.0 Å². The number of nitrogens with zero attached hydrogens (tertiary/aromatic N) is 3. The molecule has 0 aliphatic rings. The first-order valence-electron chi connectivity index (χ1n) is 7.46. The molecule has 122 valence electrons. The number of hydrogen-bond acceptors (Lipinski definition) is 3. The van der Waals surface area contributed by atoms with E-state index in [9.17, 15) is 4.39 Å². The van der Waals surface area contributed by atoms with Crippen molar-refractivity contribution in [3.8, 4) is 22.8 Å². The van der Waals surface area contributed by atoms with Gasteiger partial charge < -0.3 is 0 Å². The minimum Gasteiger partial charge on any atom is -0.244 e. The first-order chi connectivity index (χ1) is 12.1. The molecule has 0 atom stereocenters. The Labute approximate surface area is 153 Å². The lowest BCUT2D eigenvalue weighted by Gasteiger charge is -2.08. The Bertz CT molecular complexity index is 1100. The fourth-order valence-corrected chi connectivity index (χ4v) is 3.00. The van der Waals surface area contributed by atoms with E-state index in [1.165, 1.54) is 6.07 Å². The van der Waals surface area contributed by atoms with E-state index in [1.54, 1.807) is 30.5 Å². The van der Waals surface area contributed by atoms with Crippen LogP contribution in [0, 0.1) is 5.82 Å². The van der Waals surface area contributed by atoms with Crippen LogP contribution in [0.4, 0.5) is 4.39 Å². The van der Waals surface area contributed by atoms with Crippen molar-refractivity contribution in [2.45, 2.75) is 0 Å². The predicted octanol–water partition coefficient (Wildman–Crippen LogP) is 5.80. The number of rotatable bonds is 2. The average molecular weight is 370 g/mol. The summed E-state index contributed by atoms with van der Waals surface area (Å²) < 4.78 is 14.0. The molecule has 0 bridgehead atoms. The molecule has 0 aliphatic heterocycles. The maximum Gasteiger partial charge on any atom is 0.178 e. The summed E-state index contributed by atoms with van der Waals surface area (Å²) in [7, 11) is 0. The maximum atomic E-state index is 14.0. The number of halogens is 3. The predicted molar refractivity (Wildman–Crippen MR) is 98.2 cm³/mol. The molecule has 2 heterocycles. The number of para-hydroxylation sites is 1. The molecule has 0 amide bonds. The lowest BCUT2D eigenvalue weighted by molar-refractivity contribution is 0.629. The first-order valence-corrected chi connectivity index (χ1v) is 8.22. The first kappa shape index (κ1) is 15.9. The second-order valence-corrected chi connectivity index (χ2v) is 6.17. The molecule has 3 nitrogen and oxygen atoms in total. The van der Waals surface area contributed by atoms with Crippen molar-refractivity contribution in [2.75, 3.05) is 0 Å². The highest BCUT2D eigenvalue weighted by molar-refractivity contribution is 6.36. The zero-order valence-electron chi connectivity index (χ0n) is 12.7. The van der Waals surface area contributed by atoms with E-state index < -0.39 is 5.82 Å². The van der Waals surface area contributed by atoms with Crippen LogP contribution in [0.2, 0.25) is 10.0 Å². The van der Waals surface area contributed by atoms with Gasteiger partial charge in [0, 0.05) is 17.1 Å². The molecule has 25 heavy (non-hydrogen) atoms. The smallest absolute Gasteiger partial charge is 0.178 e. The van der Waals surface area contributed by atoms with Crippen molar-refractivity contribution >= 4 is 34.1 Å². The second-order valence-electron chi connectivity index (χ2n) is 5.38. The normalized spacial score (nSPS) is 11.0. The highest BCUT2D eigenvalue weighted by Gasteiger charge is 2.14. The molecular formula is C19H10Cl2FN3.